The number of ether oxygens (including phenoxy) is 1. The lowest BCUT2D eigenvalue weighted by Gasteiger charge is -2.22. The van der Waals surface area contributed by atoms with E-state index in [0.717, 1.165) is 29.6 Å². The van der Waals surface area contributed by atoms with Crippen molar-refractivity contribution in [3.05, 3.63) is 23.8 Å². The second kappa shape index (κ2) is 6.34. The van der Waals surface area contributed by atoms with Gasteiger partial charge in [0, 0.05) is 4.90 Å². The molecule has 0 aliphatic heterocycles. The number of benzene rings is 1. The largest absolute Gasteiger partial charge is 0.493 e. The number of hydrogen-bond acceptors (Lipinski definition) is 2. The van der Waals surface area contributed by atoms with Crippen LogP contribution in [0.1, 0.15) is 44.6 Å². The summed E-state index contributed by atoms with van der Waals surface area (Å²) >= 11 is 4.37. The van der Waals surface area contributed by atoms with Gasteiger partial charge in [0.2, 0.25) is 0 Å². The highest BCUT2D eigenvalue weighted by molar-refractivity contribution is 7.80. The molecule has 1 aromatic carbocycles. The molecule has 0 unspecified atom stereocenters. The molecule has 1 nitrogen and oxygen atoms in total. The highest BCUT2D eigenvalue weighted by atomic mass is 32.1. The number of hydrogen-bond donors (Lipinski definition) is 1. The molecule has 1 aliphatic carbocycles. The summed E-state index contributed by atoms with van der Waals surface area (Å²) in [7, 11) is 0. The summed E-state index contributed by atoms with van der Waals surface area (Å²) < 4.78 is 5.99. The van der Waals surface area contributed by atoms with Gasteiger partial charge in [0.25, 0.3) is 0 Å². The molecule has 17 heavy (non-hydrogen) atoms. The zero-order valence-electron chi connectivity index (χ0n) is 10.6. The Bertz CT molecular complexity index is 356. The molecule has 0 heterocycles. The normalized spacial score (nSPS) is 17.1. The van der Waals surface area contributed by atoms with E-state index < -0.39 is 0 Å². The van der Waals surface area contributed by atoms with Crippen LogP contribution in [-0.2, 0) is 6.42 Å². The Balaban J connectivity index is 1.93. The average molecular weight is 250 g/mol. The summed E-state index contributed by atoms with van der Waals surface area (Å²) in [5.41, 5.74) is 1.27. The lowest BCUT2D eigenvalue weighted by Crippen LogP contribution is -2.15. The van der Waals surface area contributed by atoms with E-state index in [-0.39, 0.29) is 0 Å². The van der Waals surface area contributed by atoms with Crippen LogP contribution in [0, 0.1) is 5.92 Å². The predicted molar refractivity (Wildman–Crippen MR) is 75.1 cm³/mol. The van der Waals surface area contributed by atoms with Crippen molar-refractivity contribution >= 4 is 12.6 Å². The molecule has 0 saturated heterocycles. The minimum Gasteiger partial charge on any atom is -0.493 e. The molecule has 2 heteroatoms. The second-order valence-corrected chi connectivity index (χ2v) is 5.48. The van der Waals surface area contributed by atoms with Gasteiger partial charge < -0.3 is 4.74 Å². The van der Waals surface area contributed by atoms with E-state index in [2.05, 4.69) is 31.7 Å². The van der Waals surface area contributed by atoms with Crippen molar-refractivity contribution in [2.24, 2.45) is 5.92 Å². The molecule has 0 bridgehead atoms. The van der Waals surface area contributed by atoms with E-state index in [0.29, 0.717) is 0 Å². The zero-order valence-corrected chi connectivity index (χ0v) is 11.5. The third-order valence-electron chi connectivity index (χ3n) is 3.62. The second-order valence-electron chi connectivity index (χ2n) is 4.96. The fraction of sp³-hybridized carbons (Fsp3) is 0.600. The van der Waals surface area contributed by atoms with Crippen molar-refractivity contribution in [3.8, 4) is 5.75 Å². The first-order valence-electron chi connectivity index (χ1n) is 6.74. The molecule has 1 aromatic rings. The van der Waals surface area contributed by atoms with E-state index in [1.165, 1.54) is 37.7 Å². The van der Waals surface area contributed by atoms with Crippen LogP contribution in [0.15, 0.2) is 23.1 Å². The van der Waals surface area contributed by atoms with E-state index >= 15 is 0 Å². The Morgan fingerprint density at radius 1 is 1.24 bits per heavy atom. The zero-order chi connectivity index (χ0) is 12.1. The van der Waals surface area contributed by atoms with Gasteiger partial charge in [-0.1, -0.05) is 26.2 Å². The Hall–Kier alpha value is -0.630. The summed E-state index contributed by atoms with van der Waals surface area (Å²) in [6.07, 6.45) is 7.85. The highest BCUT2D eigenvalue weighted by Gasteiger charge is 2.14. The van der Waals surface area contributed by atoms with Crippen LogP contribution in [0.25, 0.3) is 0 Å². The van der Waals surface area contributed by atoms with Crippen molar-refractivity contribution in [2.75, 3.05) is 6.61 Å². The Kier molecular flexibility index (Phi) is 4.78. The van der Waals surface area contributed by atoms with Gasteiger partial charge >= 0.3 is 0 Å². The van der Waals surface area contributed by atoms with Crippen LogP contribution in [0.4, 0.5) is 0 Å². The smallest absolute Gasteiger partial charge is 0.122 e. The van der Waals surface area contributed by atoms with Gasteiger partial charge in [-0.25, -0.2) is 0 Å². The molecule has 1 saturated carbocycles. The molecule has 94 valence electrons. The lowest BCUT2D eigenvalue weighted by molar-refractivity contribution is 0.207. The SMILES string of the molecule is CCc1cc(S)ccc1OCC1CCCCC1. The van der Waals surface area contributed by atoms with E-state index in [1.54, 1.807) is 0 Å². The summed E-state index contributed by atoms with van der Waals surface area (Å²) in [5.74, 6) is 1.82. The maximum atomic E-state index is 5.99. The summed E-state index contributed by atoms with van der Waals surface area (Å²) in [4.78, 5) is 1.02. The lowest BCUT2D eigenvalue weighted by atomic mass is 9.90. The van der Waals surface area contributed by atoms with E-state index in [4.69, 9.17) is 4.74 Å². The summed E-state index contributed by atoms with van der Waals surface area (Å²) in [6, 6.07) is 6.18. The molecular weight excluding hydrogens is 228 g/mol. The molecular formula is C15H22OS. The third-order valence-corrected chi connectivity index (χ3v) is 3.90. The number of thiol groups is 1. The van der Waals surface area contributed by atoms with Crippen LogP contribution in [0.2, 0.25) is 0 Å². The Labute approximate surface area is 110 Å². The Morgan fingerprint density at radius 3 is 2.71 bits per heavy atom. The van der Waals surface area contributed by atoms with Gasteiger partial charge in [-0.2, -0.15) is 0 Å². The van der Waals surface area contributed by atoms with Crippen molar-refractivity contribution in [2.45, 2.75) is 50.3 Å². The first-order chi connectivity index (χ1) is 8.29. The van der Waals surface area contributed by atoms with Gasteiger partial charge in [0.05, 0.1) is 6.61 Å². The maximum absolute atomic E-state index is 5.99. The van der Waals surface area contributed by atoms with Crippen LogP contribution in [0.5, 0.6) is 5.75 Å². The van der Waals surface area contributed by atoms with Gasteiger partial charge in [-0.15, -0.1) is 12.6 Å². The summed E-state index contributed by atoms with van der Waals surface area (Å²) in [6.45, 7) is 3.05. The van der Waals surface area contributed by atoms with Gasteiger partial charge in [-0.05, 0) is 48.9 Å². The molecule has 2 rings (SSSR count). The van der Waals surface area contributed by atoms with Crippen molar-refractivity contribution in [1.29, 1.82) is 0 Å². The molecule has 0 radical (unpaired) electrons. The van der Waals surface area contributed by atoms with Crippen LogP contribution in [0.3, 0.4) is 0 Å². The summed E-state index contributed by atoms with van der Waals surface area (Å²) in [5, 5.41) is 0. The van der Waals surface area contributed by atoms with Crippen molar-refractivity contribution in [3.63, 3.8) is 0 Å². The van der Waals surface area contributed by atoms with E-state index in [1.807, 2.05) is 6.07 Å². The minimum atomic E-state index is 0.768. The van der Waals surface area contributed by atoms with Gasteiger partial charge in [0.1, 0.15) is 5.75 Å². The van der Waals surface area contributed by atoms with Crippen molar-refractivity contribution in [1.82, 2.24) is 0 Å². The average Bonchev–Trinajstić information content (AvgIpc) is 2.38. The topological polar surface area (TPSA) is 9.23 Å². The molecule has 0 spiro atoms. The predicted octanol–water partition coefficient (Wildman–Crippen LogP) is 4.50. The van der Waals surface area contributed by atoms with Crippen molar-refractivity contribution < 1.29 is 4.74 Å². The highest BCUT2D eigenvalue weighted by Crippen LogP contribution is 2.27. The van der Waals surface area contributed by atoms with Crippen LogP contribution < -0.4 is 4.74 Å². The maximum Gasteiger partial charge on any atom is 0.122 e. The first-order valence-corrected chi connectivity index (χ1v) is 7.19. The molecule has 1 fully saturated rings. The molecule has 0 atom stereocenters. The molecule has 0 N–H and O–H groups in total. The van der Waals surface area contributed by atoms with E-state index in [9.17, 15) is 0 Å². The Morgan fingerprint density at radius 2 is 2.00 bits per heavy atom. The quantitative estimate of drug-likeness (QED) is 0.774. The third kappa shape index (κ3) is 3.67. The monoisotopic (exact) mass is 250 g/mol. The number of rotatable bonds is 4. The minimum absolute atomic E-state index is 0.768. The fourth-order valence-electron chi connectivity index (χ4n) is 2.54. The number of aryl methyl sites for hydroxylation is 1. The fourth-order valence-corrected chi connectivity index (χ4v) is 2.77. The standard InChI is InChI=1S/C15H22OS/c1-2-13-10-14(17)8-9-15(13)16-11-12-6-4-3-5-7-12/h8-10,12,17H,2-7,11H2,1H3. The molecule has 1 aliphatic rings. The van der Waals surface area contributed by atoms with Gasteiger partial charge in [0.15, 0.2) is 0 Å². The van der Waals surface area contributed by atoms with Gasteiger partial charge in [-0.3, -0.25) is 0 Å². The first kappa shape index (κ1) is 12.8. The van der Waals surface area contributed by atoms with Crippen LogP contribution >= 0.6 is 12.6 Å². The van der Waals surface area contributed by atoms with Crippen LogP contribution in [-0.4, -0.2) is 6.61 Å². The molecule has 0 amide bonds. The molecule has 0 aromatic heterocycles.